The molecule has 1 unspecified atom stereocenters. The summed E-state index contributed by atoms with van der Waals surface area (Å²) in [5.41, 5.74) is 0.443. The second-order valence-corrected chi connectivity index (χ2v) is 5.74. The highest BCUT2D eigenvalue weighted by atomic mass is 14.9. The lowest BCUT2D eigenvalue weighted by Gasteiger charge is -2.33. The van der Waals surface area contributed by atoms with Gasteiger partial charge in [-0.3, -0.25) is 0 Å². The quantitative estimate of drug-likeness (QED) is 0.531. The van der Waals surface area contributed by atoms with E-state index in [4.69, 9.17) is 0 Å². The maximum atomic E-state index is 3.50. The molecule has 1 nitrogen and oxygen atoms in total. The van der Waals surface area contributed by atoms with Crippen LogP contribution in [0.15, 0.2) is 0 Å². The molecule has 0 heterocycles. The van der Waals surface area contributed by atoms with E-state index in [9.17, 15) is 0 Å². The molecule has 1 atom stereocenters. The number of nitrogens with one attached hydrogen (secondary N) is 1. The van der Waals surface area contributed by atoms with E-state index in [1.54, 1.807) is 0 Å². The van der Waals surface area contributed by atoms with Crippen molar-refractivity contribution in [1.29, 1.82) is 0 Å². The van der Waals surface area contributed by atoms with E-state index in [0.717, 1.165) is 0 Å². The van der Waals surface area contributed by atoms with Crippen LogP contribution in [0.3, 0.4) is 0 Å². The topological polar surface area (TPSA) is 12.0 Å². The fraction of sp³-hybridized carbons (Fsp3) is 1.00. The smallest absolute Gasteiger partial charge is 0.0115 e. The lowest BCUT2D eigenvalue weighted by atomic mass is 9.79. The Bertz CT molecular complexity index is 152. The largest absolute Gasteiger partial charge is 0.316 e. The van der Waals surface area contributed by atoms with Gasteiger partial charge in [-0.05, 0) is 25.3 Å². The molecular formula is C15H33N. The van der Waals surface area contributed by atoms with E-state index < -0.39 is 0 Å². The Morgan fingerprint density at radius 1 is 0.938 bits per heavy atom. The van der Waals surface area contributed by atoms with E-state index in [-0.39, 0.29) is 0 Å². The minimum atomic E-state index is 0.443. The Labute approximate surface area is 103 Å². The standard InChI is InChI=1S/C15H33N/c1-6-8-9-10-11-12-13-14(16-5)15(3,4)7-2/h14,16H,6-13H2,1-5H3. The van der Waals surface area contributed by atoms with Gasteiger partial charge in [0.15, 0.2) is 0 Å². The predicted molar refractivity (Wildman–Crippen MR) is 74.9 cm³/mol. The minimum Gasteiger partial charge on any atom is -0.316 e. The summed E-state index contributed by atoms with van der Waals surface area (Å²) >= 11 is 0. The first-order valence-corrected chi connectivity index (χ1v) is 7.25. The number of unbranched alkanes of at least 4 members (excludes halogenated alkanes) is 5. The average Bonchev–Trinajstić information content (AvgIpc) is 2.28. The summed E-state index contributed by atoms with van der Waals surface area (Å²) in [6, 6.07) is 0.684. The molecular weight excluding hydrogens is 194 g/mol. The van der Waals surface area contributed by atoms with Crippen LogP contribution in [-0.4, -0.2) is 13.1 Å². The molecule has 0 aliphatic heterocycles. The van der Waals surface area contributed by atoms with E-state index in [0.29, 0.717) is 11.5 Å². The average molecular weight is 227 g/mol. The summed E-state index contributed by atoms with van der Waals surface area (Å²) in [5.74, 6) is 0. The number of hydrogen-bond donors (Lipinski definition) is 1. The summed E-state index contributed by atoms with van der Waals surface area (Å²) in [4.78, 5) is 0. The van der Waals surface area contributed by atoms with Gasteiger partial charge < -0.3 is 5.32 Å². The van der Waals surface area contributed by atoms with Crippen molar-refractivity contribution in [2.45, 2.75) is 85.1 Å². The molecule has 0 saturated heterocycles. The molecule has 1 heteroatoms. The molecule has 0 bridgehead atoms. The SMILES string of the molecule is CCCCCCCCC(NC)C(C)(C)CC. The van der Waals surface area contributed by atoms with Crippen molar-refractivity contribution in [1.82, 2.24) is 5.32 Å². The Balaban J connectivity index is 3.64. The third-order valence-electron chi connectivity index (χ3n) is 4.05. The van der Waals surface area contributed by atoms with Crippen LogP contribution in [0, 0.1) is 5.41 Å². The van der Waals surface area contributed by atoms with Gasteiger partial charge in [0, 0.05) is 6.04 Å². The normalized spacial score (nSPS) is 14.1. The van der Waals surface area contributed by atoms with E-state index >= 15 is 0 Å². The van der Waals surface area contributed by atoms with Crippen molar-refractivity contribution in [3.63, 3.8) is 0 Å². The first-order valence-electron chi connectivity index (χ1n) is 7.25. The monoisotopic (exact) mass is 227 g/mol. The van der Waals surface area contributed by atoms with Gasteiger partial charge in [0.25, 0.3) is 0 Å². The van der Waals surface area contributed by atoms with E-state index in [1.165, 1.54) is 51.4 Å². The maximum Gasteiger partial charge on any atom is 0.0115 e. The van der Waals surface area contributed by atoms with Crippen LogP contribution < -0.4 is 5.32 Å². The molecule has 0 aromatic heterocycles. The molecule has 0 radical (unpaired) electrons. The van der Waals surface area contributed by atoms with Crippen molar-refractivity contribution in [2.75, 3.05) is 7.05 Å². The van der Waals surface area contributed by atoms with Crippen molar-refractivity contribution >= 4 is 0 Å². The summed E-state index contributed by atoms with van der Waals surface area (Å²) in [6.45, 7) is 9.34. The zero-order chi connectivity index (χ0) is 12.4. The Morgan fingerprint density at radius 2 is 1.50 bits per heavy atom. The Hall–Kier alpha value is -0.0400. The molecule has 0 spiro atoms. The molecule has 0 aromatic carbocycles. The van der Waals surface area contributed by atoms with Crippen LogP contribution in [0.1, 0.15) is 79.1 Å². The van der Waals surface area contributed by atoms with Crippen molar-refractivity contribution < 1.29 is 0 Å². The number of hydrogen-bond acceptors (Lipinski definition) is 1. The maximum absolute atomic E-state index is 3.50. The lowest BCUT2D eigenvalue weighted by Crippen LogP contribution is -2.39. The molecule has 0 aliphatic rings. The van der Waals surface area contributed by atoms with Gasteiger partial charge in [0.2, 0.25) is 0 Å². The van der Waals surface area contributed by atoms with Gasteiger partial charge in [0.1, 0.15) is 0 Å². The van der Waals surface area contributed by atoms with Gasteiger partial charge >= 0.3 is 0 Å². The zero-order valence-electron chi connectivity index (χ0n) is 12.2. The Kier molecular flexibility index (Phi) is 9.02. The molecule has 0 saturated carbocycles. The fourth-order valence-corrected chi connectivity index (χ4v) is 2.30. The molecule has 0 aromatic rings. The minimum absolute atomic E-state index is 0.443. The number of rotatable bonds is 10. The van der Waals surface area contributed by atoms with E-state index in [1.807, 2.05) is 0 Å². The zero-order valence-corrected chi connectivity index (χ0v) is 12.2. The third-order valence-corrected chi connectivity index (χ3v) is 4.05. The fourth-order valence-electron chi connectivity index (χ4n) is 2.30. The molecule has 0 rings (SSSR count). The van der Waals surface area contributed by atoms with Crippen molar-refractivity contribution in [3.8, 4) is 0 Å². The van der Waals surface area contributed by atoms with Gasteiger partial charge in [0.05, 0.1) is 0 Å². The molecule has 0 amide bonds. The molecule has 16 heavy (non-hydrogen) atoms. The van der Waals surface area contributed by atoms with Crippen LogP contribution in [0.5, 0.6) is 0 Å². The van der Waals surface area contributed by atoms with Crippen LogP contribution in [0.4, 0.5) is 0 Å². The van der Waals surface area contributed by atoms with E-state index in [2.05, 4.69) is 40.1 Å². The third kappa shape index (κ3) is 6.52. The molecule has 1 N–H and O–H groups in total. The molecule has 0 aliphatic carbocycles. The lowest BCUT2D eigenvalue weighted by molar-refractivity contribution is 0.226. The summed E-state index contributed by atoms with van der Waals surface area (Å²) in [6.07, 6.45) is 11.0. The highest BCUT2D eigenvalue weighted by molar-refractivity contribution is 4.81. The van der Waals surface area contributed by atoms with Gasteiger partial charge in [-0.25, -0.2) is 0 Å². The van der Waals surface area contributed by atoms with Crippen LogP contribution in [0.25, 0.3) is 0 Å². The summed E-state index contributed by atoms with van der Waals surface area (Å²) in [5, 5.41) is 3.50. The van der Waals surface area contributed by atoms with Gasteiger partial charge in [-0.2, -0.15) is 0 Å². The highest BCUT2D eigenvalue weighted by Crippen LogP contribution is 2.28. The van der Waals surface area contributed by atoms with Gasteiger partial charge in [-0.1, -0.05) is 66.2 Å². The first-order chi connectivity index (χ1) is 7.58. The van der Waals surface area contributed by atoms with Crippen LogP contribution in [-0.2, 0) is 0 Å². The molecule has 0 fully saturated rings. The van der Waals surface area contributed by atoms with Crippen LogP contribution in [0.2, 0.25) is 0 Å². The van der Waals surface area contributed by atoms with Gasteiger partial charge in [-0.15, -0.1) is 0 Å². The van der Waals surface area contributed by atoms with Crippen LogP contribution >= 0.6 is 0 Å². The summed E-state index contributed by atoms with van der Waals surface area (Å²) < 4.78 is 0. The Morgan fingerprint density at radius 3 is 2.00 bits per heavy atom. The summed E-state index contributed by atoms with van der Waals surface area (Å²) in [7, 11) is 2.11. The van der Waals surface area contributed by atoms with Crippen molar-refractivity contribution in [2.24, 2.45) is 5.41 Å². The van der Waals surface area contributed by atoms with Crippen molar-refractivity contribution in [3.05, 3.63) is 0 Å². The second kappa shape index (κ2) is 9.04. The predicted octanol–water partition coefficient (Wildman–Crippen LogP) is 4.76. The highest BCUT2D eigenvalue weighted by Gasteiger charge is 2.25. The second-order valence-electron chi connectivity index (χ2n) is 5.74. The first kappa shape index (κ1) is 16.0. The molecule has 98 valence electrons.